The van der Waals surface area contributed by atoms with Crippen molar-refractivity contribution in [1.29, 1.82) is 0 Å². The molecule has 0 aliphatic rings. The summed E-state index contributed by atoms with van der Waals surface area (Å²) in [5, 5.41) is 7.62. The number of carbonyl (C=O) groups is 1. The van der Waals surface area contributed by atoms with Gasteiger partial charge in [0.05, 0.1) is 35.9 Å². The van der Waals surface area contributed by atoms with E-state index in [2.05, 4.69) is 15.4 Å². The maximum Gasteiger partial charge on any atom is 0.257 e. The molecule has 1 heterocycles. The molecule has 4 aromatic rings. The predicted molar refractivity (Wildman–Crippen MR) is 141 cm³/mol. The Morgan fingerprint density at radius 2 is 1.74 bits per heavy atom. The highest BCUT2D eigenvalue weighted by atomic mass is 35.5. The van der Waals surface area contributed by atoms with Crippen LogP contribution in [0.1, 0.15) is 0 Å². The molecule has 1 amide bonds. The summed E-state index contributed by atoms with van der Waals surface area (Å²) in [5.41, 5.74) is 3.13. The van der Waals surface area contributed by atoms with Crippen LogP contribution in [0.15, 0.2) is 60.7 Å². The van der Waals surface area contributed by atoms with Crippen molar-refractivity contribution >= 4 is 67.2 Å². The van der Waals surface area contributed by atoms with Gasteiger partial charge in [-0.05, 0) is 24.3 Å². The molecule has 184 valence electrons. The van der Waals surface area contributed by atoms with Crippen LogP contribution in [-0.2, 0) is 14.8 Å². The van der Waals surface area contributed by atoms with Crippen LogP contribution < -0.4 is 24.8 Å². The number of amides is 1. The van der Waals surface area contributed by atoms with Gasteiger partial charge in [0.25, 0.3) is 5.91 Å². The molecular weight excluding hydrogens is 492 g/mol. The Morgan fingerprint density at radius 1 is 1.00 bits per heavy atom. The van der Waals surface area contributed by atoms with E-state index < -0.39 is 10.0 Å². The molecule has 11 heteroatoms. The highest BCUT2D eigenvalue weighted by Gasteiger charge is 2.16. The number of sulfonamides is 1. The Morgan fingerprint density at radius 3 is 2.46 bits per heavy atom. The Balaban J connectivity index is 0.00000342. The van der Waals surface area contributed by atoms with Crippen molar-refractivity contribution in [3.05, 3.63) is 60.7 Å². The largest absolute Gasteiger partial charge is 0.494 e. The Hall–Kier alpha value is -3.76. The molecular formula is C24H25ClN4O5S. The lowest BCUT2D eigenvalue weighted by molar-refractivity contribution is -0.122. The Labute approximate surface area is 209 Å². The molecule has 0 unspecified atom stereocenters. The van der Waals surface area contributed by atoms with E-state index >= 15 is 0 Å². The zero-order chi connectivity index (χ0) is 24.3. The number of rotatable bonds is 8. The van der Waals surface area contributed by atoms with Gasteiger partial charge in [-0.1, -0.05) is 30.3 Å². The standard InChI is InChI=1S/C24H24N4O5S.ClH/c1-25-22(29)14-33-20-10-6-8-17-23(16-7-4-5-9-18(16)26-24(17)20)27-19-12-11-15(13-21(19)32-2)28-34(3,30)31;/h4-13,28H,14H2,1-3H3,(H,25,29)(H,26,27);1H. The van der Waals surface area contributed by atoms with Crippen molar-refractivity contribution < 1.29 is 22.7 Å². The third-order valence-electron chi connectivity index (χ3n) is 5.08. The van der Waals surface area contributed by atoms with Crippen LogP contribution in [0.3, 0.4) is 0 Å². The third-order valence-corrected chi connectivity index (χ3v) is 5.68. The van der Waals surface area contributed by atoms with Gasteiger partial charge in [0.2, 0.25) is 10.0 Å². The molecule has 0 fully saturated rings. The number of methoxy groups -OCH3 is 1. The minimum Gasteiger partial charge on any atom is -0.494 e. The number of pyridine rings is 1. The number of aromatic nitrogens is 1. The summed E-state index contributed by atoms with van der Waals surface area (Å²) in [4.78, 5) is 16.5. The van der Waals surface area contributed by atoms with Gasteiger partial charge in [-0.25, -0.2) is 13.4 Å². The number of likely N-dealkylation sites (N-methyl/N-ethyl adjacent to an activating group) is 1. The number of nitrogens with one attached hydrogen (secondary N) is 3. The average molecular weight is 517 g/mol. The fraction of sp³-hybridized carbons (Fsp3) is 0.167. The van der Waals surface area contributed by atoms with Crippen LogP contribution in [0.4, 0.5) is 17.1 Å². The lowest BCUT2D eigenvalue weighted by Gasteiger charge is -2.17. The van der Waals surface area contributed by atoms with E-state index in [9.17, 15) is 13.2 Å². The van der Waals surface area contributed by atoms with Gasteiger partial charge < -0.3 is 20.1 Å². The number of ether oxygens (including phenoxy) is 2. The molecule has 0 saturated heterocycles. The minimum absolute atomic E-state index is 0. The number of benzene rings is 3. The van der Waals surface area contributed by atoms with Crippen molar-refractivity contribution in [2.75, 3.05) is 37.1 Å². The molecule has 35 heavy (non-hydrogen) atoms. The van der Waals surface area contributed by atoms with Gasteiger partial charge in [0, 0.05) is 23.9 Å². The molecule has 3 N–H and O–H groups in total. The highest BCUT2D eigenvalue weighted by Crippen LogP contribution is 2.39. The number of para-hydroxylation sites is 2. The Kier molecular flexibility index (Phi) is 7.88. The van der Waals surface area contributed by atoms with E-state index in [0.29, 0.717) is 28.4 Å². The molecule has 0 aliphatic heterocycles. The van der Waals surface area contributed by atoms with E-state index in [1.807, 2.05) is 36.4 Å². The molecule has 0 atom stereocenters. The lowest BCUT2D eigenvalue weighted by Crippen LogP contribution is -2.24. The van der Waals surface area contributed by atoms with Crippen LogP contribution in [0.2, 0.25) is 0 Å². The topological polar surface area (TPSA) is 119 Å². The van der Waals surface area contributed by atoms with Crippen molar-refractivity contribution in [3.8, 4) is 11.5 Å². The molecule has 4 rings (SSSR count). The number of anilines is 3. The summed E-state index contributed by atoms with van der Waals surface area (Å²) in [5.74, 6) is 0.688. The van der Waals surface area contributed by atoms with Gasteiger partial charge >= 0.3 is 0 Å². The third kappa shape index (κ3) is 5.84. The number of fused-ring (bicyclic) bond motifs is 2. The second kappa shape index (κ2) is 10.7. The molecule has 1 aromatic heterocycles. The summed E-state index contributed by atoms with van der Waals surface area (Å²) < 4.78 is 36.9. The zero-order valence-electron chi connectivity index (χ0n) is 19.3. The highest BCUT2D eigenvalue weighted by molar-refractivity contribution is 7.92. The summed E-state index contributed by atoms with van der Waals surface area (Å²) >= 11 is 0. The summed E-state index contributed by atoms with van der Waals surface area (Å²) in [6, 6.07) is 18.2. The second-order valence-corrected chi connectivity index (χ2v) is 9.28. The predicted octanol–water partition coefficient (Wildman–Crippen LogP) is 4.06. The number of nitrogens with zero attached hydrogens (tertiary/aromatic N) is 1. The van der Waals surface area contributed by atoms with Crippen LogP contribution in [0.25, 0.3) is 21.8 Å². The van der Waals surface area contributed by atoms with Crippen molar-refractivity contribution in [2.45, 2.75) is 0 Å². The zero-order valence-corrected chi connectivity index (χ0v) is 20.9. The first kappa shape index (κ1) is 25.9. The van der Waals surface area contributed by atoms with Gasteiger partial charge in [0.15, 0.2) is 6.61 Å². The van der Waals surface area contributed by atoms with E-state index in [1.165, 1.54) is 7.11 Å². The minimum atomic E-state index is -3.43. The molecule has 0 aliphatic carbocycles. The first-order valence-electron chi connectivity index (χ1n) is 10.4. The van der Waals surface area contributed by atoms with Crippen LogP contribution in [-0.4, -0.2) is 46.3 Å². The maximum absolute atomic E-state index is 11.7. The smallest absolute Gasteiger partial charge is 0.257 e. The van der Waals surface area contributed by atoms with Gasteiger partial charge in [-0.2, -0.15) is 0 Å². The molecule has 3 aromatic carbocycles. The van der Waals surface area contributed by atoms with E-state index in [0.717, 1.165) is 28.2 Å². The fourth-order valence-electron chi connectivity index (χ4n) is 3.56. The van der Waals surface area contributed by atoms with Crippen molar-refractivity contribution in [2.24, 2.45) is 0 Å². The molecule has 9 nitrogen and oxygen atoms in total. The molecule has 0 saturated carbocycles. The summed E-state index contributed by atoms with van der Waals surface area (Å²) in [6.45, 7) is -0.129. The van der Waals surface area contributed by atoms with E-state index in [1.54, 1.807) is 31.3 Å². The average Bonchev–Trinajstić information content (AvgIpc) is 2.82. The molecule has 0 bridgehead atoms. The number of hydrogen-bond donors (Lipinski definition) is 3. The molecule has 0 spiro atoms. The molecule has 0 radical (unpaired) electrons. The second-order valence-electron chi connectivity index (χ2n) is 7.53. The quantitative estimate of drug-likeness (QED) is 0.302. The maximum atomic E-state index is 11.7. The summed E-state index contributed by atoms with van der Waals surface area (Å²) in [7, 11) is -0.366. The number of hydrogen-bond acceptors (Lipinski definition) is 7. The SMILES string of the molecule is CNC(=O)COc1cccc2c(Nc3ccc(NS(C)(=O)=O)cc3OC)c3ccccc3nc12.Cl. The first-order valence-corrected chi connectivity index (χ1v) is 12.3. The van der Waals surface area contributed by atoms with Crippen LogP contribution in [0.5, 0.6) is 11.5 Å². The van der Waals surface area contributed by atoms with E-state index in [-0.39, 0.29) is 24.9 Å². The van der Waals surface area contributed by atoms with Gasteiger partial charge in [-0.15, -0.1) is 12.4 Å². The monoisotopic (exact) mass is 516 g/mol. The van der Waals surface area contributed by atoms with E-state index in [4.69, 9.17) is 14.5 Å². The van der Waals surface area contributed by atoms with Gasteiger partial charge in [-0.3, -0.25) is 9.52 Å². The fourth-order valence-corrected chi connectivity index (χ4v) is 4.12. The Bertz CT molecular complexity index is 1490. The van der Waals surface area contributed by atoms with Crippen LogP contribution in [0, 0.1) is 0 Å². The van der Waals surface area contributed by atoms with Crippen LogP contribution >= 0.6 is 12.4 Å². The number of halogens is 1. The summed E-state index contributed by atoms with van der Waals surface area (Å²) in [6.07, 6.45) is 1.09. The number of carbonyl (C=O) groups excluding carboxylic acids is 1. The first-order chi connectivity index (χ1) is 16.3. The normalized spacial score (nSPS) is 10.9. The van der Waals surface area contributed by atoms with Gasteiger partial charge in [0.1, 0.15) is 17.0 Å². The lowest BCUT2D eigenvalue weighted by atomic mass is 10.1. The van der Waals surface area contributed by atoms with Crippen molar-refractivity contribution in [1.82, 2.24) is 10.3 Å². The van der Waals surface area contributed by atoms with Crippen molar-refractivity contribution in [3.63, 3.8) is 0 Å².